The number of fused-ring (bicyclic) bond motifs is 1. The van der Waals surface area contributed by atoms with Gasteiger partial charge in [-0.15, -0.1) is 0 Å². The number of hydrogen-bond acceptors (Lipinski definition) is 0. The van der Waals surface area contributed by atoms with Crippen LogP contribution >= 0.6 is 0 Å². The second kappa shape index (κ2) is 2.78. The molecule has 2 unspecified atom stereocenters. The van der Waals surface area contributed by atoms with Gasteiger partial charge >= 0.3 is 0 Å². The number of rotatable bonds is 0. The van der Waals surface area contributed by atoms with Crippen LogP contribution in [0.1, 0.15) is 52.9 Å². The van der Waals surface area contributed by atoms with Crippen LogP contribution in [0.5, 0.6) is 0 Å². The van der Waals surface area contributed by atoms with Crippen LogP contribution in [0.3, 0.4) is 0 Å². The highest BCUT2D eigenvalue weighted by Crippen LogP contribution is 2.62. The van der Waals surface area contributed by atoms with Crippen LogP contribution in [0.4, 0.5) is 0 Å². The normalized spacial score (nSPS) is 45.2. The molecule has 2 radical (unpaired) electrons. The maximum Gasteiger partial charge on any atom is 0.0753 e. The van der Waals surface area contributed by atoms with E-state index in [9.17, 15) is 0 Å². The van der Waals surface area contributed by atoms with Gasteiger partial charge in [0.1, 0.15) is 0 Å². The molecule has 0 amide bonds. The van der Waals surface area contributed by atoms with Gasteiger partial charge in [0.2, 0.25) is 0 Å². The molecule has 0 aromatic rings. The Kier molecular flexibility index (Phi) is 2.05. The molecule has 0 heterocycles. The Morgan fingerprint density at radius 2 is 1.54 bits per heavy atom. The Bertz CT molecular complexity index is 190. The van der Waals surface area contributed by atoms with Gasteiger partial charge in [-0.2, -0.15) is 0 Å². The van der Waals surface area contributed by atoms with Gasteiger partial charge in [-0.1, -0.05) is 58.2 Å². The molecule has 0 nitrogen and oxygen atoms in total. The third kappa shape index (κ3) is 1.45. The van der Waals surface area contributed by atoms with E-state index in [1.165, 1.54) is 32.1 Å². The molecule has 0 aromatic heterocycles. The maximum absolute atomic E-state index is 6.53. The van der Waals surface area contributed by atoms with E-state index in [-0.39, 0.29) is 10.7 Å². The van der Waals surface area contributed by atoms with Crippen molar-refractivity contribution in [3.05, 3.63) is 0 Å². The summed E-state index contributed by atoms with van der Waals surface area (Å²) >= 11 is 0. The van der Waals surface area contributed by atoms with E-state index in [0.29, 0.717) is 0 Å². The van der Waals surface area contributed by atoms with Gasteiger partial charge in [-0.25, -0.2) is 0 Å². The van der Waals surface area contributed by atoms with Crippen LogP contribution < -0.4 is 0 Å². The van der Waals surface area contributed by atoms with Crippen LogP contribution in [0.2, 0.25) is 5.31 Å². The molecule has 0 spiro atoms. The fourth-order valence-corrected chi connectivity index (χ4v) is 3.28. The lowest BCUT2D eigenvalue weighted by Crippen LogP contribution is -2.27. The molecule has 2 rings (SSSR count). The molecule has 2 fully saturated rings. The van der Waals surface area contributed by atoms with E-state index >= 15 is 0 Å². The Labute approximate surface area is 83.9 Å². The quantitative estimate of drug-likeness (QED) is 0.495. The minimum atomic E-state index is 0.128. The summed E-state index contributed by atoms with van der Waals surface area (Å²) in [4.78, 5) is 0. The van der Waals surface area contributed by atoms with Crippen LogP contribution in [0.25, 0.3) is 0 Å². The lowest BCUT2D eigenvalue weighted by Gasteiger charge is -2.40. The maximum atomic E-state index is 6.53. The Hall–Kier alpha value is 0.0649. The van der Waals surface area contributed by atoms with Crippen molar-refractivity contribution in [1.82, 2.24) is 0 Å². The third-order valence-electron chi connectivity index (χ3n) is 4.56. The monoisotopic (exact) mass is 176 g/mol. The zero-order chi connectivity index (χ0) is 9.69. The average molecular weight is 176 g/mol. The second-order valence-electron chi connectivity index (χ2n) is 6.27. The van der Waals surface area contributed by atoms with Crippen LogP contribution in [0.15, 0.2) is 0 Å². The SMILES string of the molecule is [B]C1(C(C)(C)C)CC2CCCC2C1. The predicted molar refractivity (Wildman–Crippen MR) is 58.0 cm³/mol. The highest BCUT2D eigenvalue weighted by atomic mass is 14.5. The summed E-state index contributed by atoms with van der Waals surface area (Å²) in [7, 11) is 6.53. The van der Waals surface area contributed by atoms with E-state index in [2.05, 4.69) is 20.8 Å². The molecule has 2 aliphatic rings. The first kappa shape index (κ1) is 9.61. The molecule has 72 valence electrons. The lowest BCUT2D eigenvalue weighted by molar-refractivity contribution is 0.252. The van der Waals surface area contributed by atoms with Gasteiger partial charge in [0.15, 0.2) is 0 Å². The van der Waals surface area contributed by atoms with Crippen molar-refractivity contribution in [3.63, 3.8) is 0 Å². The second-order valence-corrected chi connectivity index (χ2v) is 6.27. The Morgan fingerprint density at radius 3 is 1.92 bits per heavy atom. The first-order chi connectivity index (χ1) is 5.92. The van der Waals surface area contributed by atoms with Crippen molar-refractivity contribution in [1.29, 1.82) is 0 Å². The van der Waals surface area contributed by atoms with Crippen molar-refractivity contribution in [3.8, 4) is 0 Å². The Morgan fingerprint density at radius 1 is 1.08 bits per heavy atom. The highest BCUT2D eigenvalue weighted by molar-refractivity contribution is 6.16. The molecule has 0 aromatic carbocycles. The van der Waals surface area contributed by atoms with Gasteiger partial charge in [-0.3, -0.25) is 0 Å². The van der Waals surface area contributed by atoms with E-state index in [1.54, 1.807) is 0 Å². The molecular formula is C12H21B. The van der Waals surface area contributed by atoms with E-state index in [1.807, 2.05) is 0 Å². The smallest absolute Gasteiger partial charge is 0.0608 e. The molecule has 1 heteroatoms. The largest absolute Gasteiger partial charge is 0.0753 e. The highest BCUT2D eigenvalue weighted by Gasteiger charge is 2.48. The fraction of sp³-hybridized carbons (Fsp3) is 1.00. The van der Waals surface area contributed by atoms with Crippen LogP contribution in [-0.2, 0) is 0 Å². The topological polar surface area (TPSA) is 0 Å². The first-order valence-electron chi connectivity index (χ1n) is 5.71. The molecule has 0 N–H and O–H groups in total. The molecular weight excluding hydrogens is 155 g/mol. The summed E-state index contributed by atoms with van der Waals surface area (Å²) in [5.41, 5.74) is 0.289. The predicted octanol–water partition coefficient (Wildman–Crippen LogP) is 3.57. The molecule has 0 bridgehead atoms. The van der Waals surface area contributed by atoms with Gasteiger partial charge in [0.25, 0.3) is 0 Å². The van der Waals surface area contributed by atoms with Gasteiger partial charge < -0.3 is 0 Å². The summed E-state index contributed by atoms with van der Waals surface area (Å²) in [6.07, 6.45) is 6.90. The van der Waals surface area contributed by atoms with E-state index < -0.39 is 0 Å². The lowest BCUT2D eigenvalue weighted by atomic mass is 9.52. The van der Waals surface area contributed by atoms with Gasteiger partial charge in [0.05, 0.1) is 7.85 Å². The summed E-state index contributed by atoms with van der Waals surface area (Å²) < 4.78 is 0. The zero-order valence-corrected chi connectivity index (χ0v) is 9.27. The molecule has 13 heavy (non-hydrogen) atoms. The molecule has 0 saturated heterocycles. The average Bonchev–Trinajstić information content (AvgIpc) is 2.42. The summed E-state index contributed by atoms with van der Waals surface area (Å²) in [6, 6.07) is 0. The van der Waals surface area contributed by atoms with Crippen molar-refractivity contribution in [2.24, 2.45) is 17.3 Å². The third-order valence-corrected chi connectivity index (χ3v) is 4.56. The standard InChI is InChI=1S/C12H21B/c1-11(2,3)12(13)7-9-5-4-6-10(9)8-12/h9-10H,4-8H2,1-3H3. The van der Waals surface area contributed by atoms with Crippen LogP contribution in [-0.4, -0.2) is 7.85 Å². The Balaban J connectivity index is 2.13. The first-order valence-corrected chi connectivity index (χ1v) is 5.71. The molecule has 2 aliphatic carbocycles. The van der Waals surface area contributed by atoms with Crippen molar-refractivity contribution >= 4 is 7.85 Å². The van der Waals surface area contributed by atoms with Gasteiger partial charge in [0, 0.05) is 0 Å². The van der Waals surface area contributed by atoms with Crippen molar-refractivity contribution < 1.29 is 0 Å². The van der Waals surface area contributed by atoms with Crippen LogP contribution in [0, 0.1) is 17.3 Å². The summed E-state index contributed by atoms with van der Waals surface area (Å²) in [5.74, 6) is 1.92. The number of hydrogen-bond donors (Lipinski definition) is 0. The van der Waals surface area contributed by atoms with E-state index in [0.717, 1.165) is 11.8 Å². The minimum Gasteiger partial charge on any atom is -0.0608 e. The molecule has 2 atom stereocenters. The van der Waals surface area contributed by atoms with Crippen molar-refractivity contribution in [2.75, 3.05) is 0 Å². The zero-order valence-electron chi connectivity index (χ0n) is 9.27. The molecule has 2 saturated carbocycles. The van der Waals surface area contributed by atoms with E-state index in [4.69, 9.17) is 7.85 Å². The van der Waals surface area contributed by atoms with Crippen molar-refractivity contribution in [2.45, 2.75) is 58.2 Å². The fourth-order valence-electron chi connectivity index (χ4n) is 3.28. The summed E-state index contributed by atoms with van der Waals surface area (Å²) in [5, 5.41) is 0.128. The summed E-state index contributed by atoms with van der Waals surface area (Å²) in [6.45, 7) is 6.90. The minimum absolute atomic E-state index is 0.128. The molecule has 0 aliphatic heterocycles. The van der Waals surface area contributed by atoms with Gasteiger partial charge in [-0.05, 0) is 17.3 Å².